The van der Waals surface area contributed by atoms with E-state index in [2.05, 4.69) is 20.3 Å². The van der Waals surface area contributed by atoms with Gasteiger partial charge in [-0.1, -0.05) is 6.07 Å². The van der Waals surface area contributed by atoms with E-state index in [-0.39, 0.29) is 22.7 Å². The van der Waals surface area contributed by atoms with Crippen molar-refractivity contribution in [3.8, 4) is 0 Å². The summed E-state index contributed by atoms with van der Waals surface area (Å²) in [5.41, 5.74) is 6.07. The second-order valence-corrected chi connectivity index (χ2v) is 3.64. The summed E-state index contributed by atoms with van der Waals surface area (Å²) in [5, 5.41) is 11.6. The fraction of sp³-hybridized carbons (Fsp3) is 0. The number of nitrogens with two attached hydrogens (primary N) is 1. The molecule has 0 aliphatic rings. The van der Waals surface area contributed by atoms with Gasteiger partial charge in [-0.3, -0.25) is 0 Å². The van der Waals surface area contributed by atoms with Crippen molar-refractivity contribution < 1.29 is 9.90 Å². The molecular formula is C10H8ClN5O2. The standard InChI is InChI=1S/C10H8ClN5O2/c11-8-14-9(12)16-10(15-8)13-6-3-1-2-5(4-6)7(17)18/h1-4H,(H,17,18)(H3,12,13,14,15,16). The molecule has 92 valence electrons. The maximum atomic E-state index is 10.8. The summed E-state index contributed by atoms with van der Waals surface area (Å²) >= 11 is 5.62. The van der Waals surface area contributed by atoms with E-state index in [1.54, 1.807) is 12.1 Å². The lowest BCUT2D eigenvalue weighted by atomic mass is 10.2. The molecule has 18 heavy (non-hydrogen) atoms. The van der Waals surface area contributed by atoms with Crippen LogP contribution in [0.25, 0.3) is 0 Å². The van der Waals surface area contributed by atoms with Crippen LogP contribution in [0.4, 0.5) is 17.6 Å². The van der Waals surface area contributed by atoms with Gasteiger partial charge < -0.3 is 16.2 Å². The second kappa shape index (κ2) is 4.84. The minimum atomic E-state index is -1.02. The van der Waals surface area contributed by atoms with Crippen LogP contribution in [0.3, 0.4) is 0 Å². The summed E-state index contributed by atoms with van der Waals surface area (Å²) in [6.45, 7) is 0. The Morgan fingerprint density at radius 3 is 2.78 bits per heavy atom. The molecule has 1 heterocycles. The number of nitrogens with one attached hydrogen (secondary N) is 1. The molecule has 1 aromatic carbocycles. The first-order chi connectivity index (χ1) is 8.54. The van der Waals surface area contributed by atoms with Crippen LogP contribution in [0.5, 0.6) is 0 Å². The Morgan fingerprint density at radius 1 is 1.33 bits per heavy atom. The third kappa shape index (κ3) is 2.83. The molecule has 0 aliphatic carbocycles. The average molecular weight is 266 g/mol. The molecule has 4 N–H and O–H groups in total. The Kier molecular flexibility index (Phi) is 3.24. The first-order valence-corrected chi connectivity index (χ1v) is 5.20. The van der Waals surface area contributed by atoms with Gasteiger partial charge in [0.1, 0.15) is 0 Å². The number of aromatic nitrogens is 3. The number of aromatic carboxylic acids is 1. The Bertz CT molecular complexity index is 584. The normalized spacial score (nSPS) is 10.1. The minimum Gasteiger partial charge on any atom is -0.478 e. The number of nitrogens with zero attached hydrogens (tertiary/aromatic N) is 3. The molecule has 2 rings (SSSR count). The summed E-state index contributed by atoms with van der Waals surface area (Å²) in [6, 6.07) is 6.18. The van der Waals surface area contributed by atoms with Crippen LogP contribution in [0.2, 0.25) is 5.28 Å². The molecule has 1 aromatic heterocycles. The van der Waals surface area contributed by atoms with Crippen LogP contribution in [-0.4, -0.2) is 26.0 Å². The molecular weight excluding hydrogens is 258 g/mol. The van der Waals surface area contributed by atoms with Gasteiger partial charge in [0.05, 0.1) is 5.56 Å². The molecule has 0 saturated carbocycles. The molecule has 2 aromatic rings. The van der Waals surface area contributed by atoms with Crippen LogP contribution >= 0.6 is 11.6 Å². The second-order valence-electron chi connectivity index (χ2n) is 3.30. The first kappa shape index (κ1) is 12.1. The van der Waals surface area contributed by atoms with Crippen LogP contribution < -0.4 is 11.1 Å². The third-order valence-electron chi connectivity index (χ3n) is 1.99. The zero-order valence-corrected chi connectivity index (χ0v) is 9.72. The first-order valence-electron chi connectivity index (χ1n) is 4.82. The van der Waals surface area contributed by atoms with E-state index in [1.807, 2.05) is 0 Å². The molecule has 0 atom stereocenters. The number of carbonyl (C=O) groups is 1. The van der Waals surface area contributed by atoms with E-state index in [1.165, 1.54) is 12.1 Å². The highest BCUT2D eigenvalue weighted by atomic mass is 35.5. The number of anilines is 3. The minimum absolute atomic E-state index is 0.0214. The van der Waals surface area contributed by atoms with Gasteiger partial charge in [0.25, 0.3) is 0 Å². The molecule has 0 aliphatic heterocycles. The quantitative estimate of drug-likeness (QED) is 0.771. The predicted molar refractivity (Wildman–Crippen MR) is 65.9 cm³/mol. The number of hydrogen-bond acceptors (Lipinski definition) is 6. The number of carboxylic acid groups (broad SMARTS) is 1. The van der Waals surface area contributed by atoms with Gasteiger partial charge in [-0.05, 0) is 29.8 Å². The van der Waals surface area contributed by atoms with Gasteiger partial charge in [0.15, 0.2) is 0 Å². The molecule has 8 heteroatoms. The predicted octanol–water partition coefficient (Wildman–Crippen LogP) is 1.55. The van der Waals surface area contributed by atoms with E-state index in [0.29, 0.717) is 5.69 Å². The van der Waals surface area contributed by atoms with Gasteiger partial charge in [-0.2, -0.15) is 15.0 Å². The largest absolute Gasteiger partial charge is 0.478 e. The van der Waals surface area contributed by atoms with E-state index < -0.39 is 5.97 Å². The van der Waals surface area contributed by atoms with Crippen LogP contribution in [0, 0.1) is 0 Å². The molecule has 0 unspecified atom stereocenters. The smallest absolute Gasteiger partial charge is 0.335 e. The fourth-order valence-corrected chi connectivity index (χ4v) is 1.45. The number of hydrogen-bond donors (Lipinski definition) is 3. The number of halogens is 1. The average Bonchev–Trinajstić information content (AvgIpc) is 2.27. The topological polar surface area (TPSA) is 114 Å². The zero-order chi connectivity index (χ0) is 13.1. The van der Waals surface area contributed by atoms with Crippen LogP contribution in [0.15, 0.2) is 24.3 Å². The van der Waals surface area contributed by atoms with Gasteiger partial charge in [0.2, 0.25) is 17.2 Å². The van der Waals surface area contributed by atoms with E-state index in [9.17, 15) is 4.79 Å². The van der Waals surface area contributed by atoms with Crippen molar-refractivity contribution in [2.75, 3.05) is 11.1 Å². The third-order valence-corrected chi connectivity index (χ3v) is 2.16. The summed E-state index contributed by atoms with van der Waals surface area (Å²) < 4.78 is 0. The molecule has 0 bridgehead atoms. The molecule has 0 amide bonds. The Hall–Kier alpha value is -2.41. The molecule has 0 spiro atoms. The van der Waals surface area contributed by atoms with E-state index in [4.69, 9.17) is 22.4 Å². The maximum Gasteiger partial charge on any atom is 0.335 e. The van der Waals surface area contributed by atoms with Crippen molar-refractivity contribution in [2.45, 2.75) is 0 Å². The van der Waals surface area contributed by atoms with Crippen molar-refractivity contribution in [1.29, 1.82) is 0 Å². The summed E-state index contributed by atoms with van der Waals surface area (Å²) in [6.07, 6.45) is 0. The lowest BCUT2D eigenvalue weighted by Gasteiger charge is -2.05. The Balaban J connectivity index is 2.28. The lowest BCUT2D eigenvalue weighted by Crippen LogP contribution is -2.04. The number of benzene rings is 1. The number of carboxylic acids is 1. The molecule has 0 saturated heterocycles. The summed E-state index contributed by atoms with van der Waals surface area (Å²) in [7, 11) is 0. The fourth-order valence-electron chi connectivity index (χ4n) is 1.28. The van der Waals surface area contributed by atoms with Gasteiger partial charge in [0, 0.05) is 5.69 Å². The van der Waals surface area contributed by atoms with E-state index >= 15 is 0 Å². The van der Waals surface area contributed by atoms with Crippen molar-refractivity contribution in [2.24, 2.45) is 0 Å². The number of rotatable bonds is 3. The van der Waals surface area contributed by atoms with Gasteiger partial charge >= 0.3 is 5.97 Å². The van der Waals surface area contributed by atoms with Gasteiger partial charge in [-0.15, -0.1) is 0 Å². The van der Waals surface area contributed by atoms with Crippen LogP contribution in [-0.2, 0) is 0 Å². The highest BCUT2D eigenvalue weighted by molar-refractivity contribution is 6.28. The Labute approximate surface area is 107 Å². The zero-order valence-electron chi connectivity index (χ0n) is 8.96. The SMILES string of the molecule is Nc1nc(Cl)nc(Nc2cccc(C(=O)O)c2)n1. The molecule has 0 radical (unpaired) electrons. The highest BCUT2D eigenvalue weighted by Gasteiger charge is 2.06. The monoisotopic (exact) mass is 265 g/mol. The van der Waals surface area contributed by atoms with Crippen molar-refractivity contribution in [1.82, 2.24) is 15.0 Å². The van der Waals surface area contributed by atoms with Crippen molar-refractivity contribution in [3.63, 3.8) is 0 Å². The molecule has 0 fully saturated rings. The van der Waals surface area contributed by atoms with Crippen molar-refractivity contribution >= 4 is 35.2 Å². The molecule has 7 nitrogen and oxygen atoms in total. The summed E-state index contributed by atoms with van der Waals surface area (Å²) in [5.74, 6) is -0.895. The maximum absolute atomic E-state index is 10.8. The summed E-state index contributed by atoms with van der Waals surface area (Å²) in [4.78, 5) is 22.0. The number of nitrogen functional groups attached to an aromatic ring is 1. The van der Waals surface area contributed by atoms with Crippen molar-refractivity contribution in [3.05, 3.63) is 35.1 Å². The highest BCUT2D eigenvalue weighted by Crippen LogP contribution is 2.16. The Morgan fingerprint density at radius 2 is 2.11 bits per heavy atom. The van der Waals surface area contributed by atoms with Gasteiger partial charge in [-0.25, -0.2) is 4.79 Å². The van der Waals surface area contributed by atoms with Crippen LogP contribution in [0.1, 0.15) is 10.4 Å². The van der Waals surface area contributed by atoms with E-state index in [0.717, 1.165) is 0 Å². The lowest BCUT2D eigenvalue weighted by molar-refractivity contribution is 0.0697.